The van der Waals surface area contributed by atoms with E-state index < -0.39 is 41.9 Å². The van der Waals surface area contributed by atoms with E-state index in [0.717, 1.165) is 0 Å². The summed E-state index contributed by atoms with van der Waals surface area (Å²) >= 11 is 0. The molecule has 1 rings (SSSR count). The van der Waals surface area contributed by atoms with Crippen LogP contribution in [0.2, 0.25) is 0 Å². The first kappa shape index (κ1) is 19.9. The summed E-state index contributed by atoms with van der Waals surface area (Å²) in [5, 5.41) is 12.1. The minimum Gasteiger partial charge on any atom is -0.466 e. The molecule has 9 nitrogen and oxygen atoms in total. The highest BCUT2D eigenvalue weighted by Crippen LogP contribution is 2.19. The van der Waals surface area contributed by atoms with E-state index in [1.807, 2.05) is 0 Å². The average molecular weight is 343 g/mol. The van der Waals surface area contributed by atoms with E-state index >= 15 is 0 Å². The Labute approximate surface area is 140 Å². The molecule has 1 heterocycles. The number of nitrogens with zero attached hydrogens (tertiary/aromatic N) is 1. The molecule has 1 aliphatic heterocycles. The SMILES string of the molecule is CCOC(=O)[C@H](C)C[C@@H](NC(=O)[C@@H]1C[C@@H](O)CN1C(C)=O)C(N)=O. The Morgan fingerprint density at radius 2 is 2.00 bits per heavy atom. The molecule has 0 bridgehead atoms. The van der Waals surface area contributed by atoms with Crippen LogP contribution in [0.25, 0.3) is 0 Å². The van der Waals surface area contributed by atoms with E-state index in [1.165, 1.54) is 11.8 Å². The topological polar surface area (TPSA) is 139 Å². The lowest BCUT2D eigenvalue weighted by molar-refractivity contribution is -0.148. The lowest BCUT2D eigenvalue weighted by Gasteiger charge is -2.25. The van der Waals surface area contributed by atoms with Crippen LogP contribution in [0.15, 0.2) is 0 Å². The molecule has 0 radical (unpaired) electrons. The molecular weight excluding hydrogens is 318 g/mol. The number of esters is 1. The molecule has 1 fully saturated rings. The number of ether oxygens (including phenoxy) is 1. The van der Waals surface area contributed by atoms with Gasteiger partial charge < -0.3 is 25.8 Å². The molecule has 1 aliphatic rings. The number of carbonyl (C=O) groups is 4. The Bertz CT molecular complexity index is 509. The molecule has 9 heteroatoms. The summed E-state index contributed by atoms with van der Waals surface area (Å²) in [5.41, 5.74) is 5.29. The van der Waals surface area contributed by atoms with Crippen LogP contribution in [0.3, 0.4) is 0 Å². The number of rotatable bonds is 7. The lowest BCUT2D eigenvalue weighted by Crippen LogP contribution is -2.52. The predicted molar refractivity (Wildman–Crippen MR) is 83.3 cm³/mol. The highest BCUT2D eigenvalue weighted by Gasteiger charge is 2.39. The Hall–Kier alpha value is -2.16. The number of hydrogen-bond donors (Lipinski definition) is 3. The number of carbonyl (C=O) groups excluding carboxylic acids is 4. The van der Waals surface area contributed by atoms with Gasteiger partial charge in [-0.1, -0.05) is 6.92 Å². The number of aliphatic hydroxyl groups excluding tert-OH is 1. The van der Waals surface area contributed by atoms with Gasteiger partial charge in [-0.3, -0.25) is 19.2 Å². The van der Waals surface area contributed by atoms with Gasteiger partial charge in [0.25, 0.3) is 0 Å². The van der Waals surface area contributed by atoms with Crippen LogP contribution in [0.1, 0.15) is 33.6 Å². The van der Waals surface area contributed by atoms with Crippen molar-refractivity contribution in [2.45, 2.75) is 51.8 Å². The van der Waals surface area contributed by atoms with Crippen LogP contribution in [0.4, 0.5) is 0 Å². The predicted octanol–water partition coefficient (Wildman–Crippen LogP) is -1.47. The second kappa shape index (κ2) is 8.62. The highest BCUT2D eigenvalue weighted by atomic mass is 16.5. The summed E-state index contributed by atoms with van der Waals surface area (Å²) in [7, 11) is 0. The van der Waals surface area contributed by atoms with Gasteiger partial charge in [-0.25, -0.2) is 0 Å². The number of nitrogens with two attached hydrogens (primary N) is 1. The molecule has 0 aromatic heterocycles. The standard InChI is InChI=1S/C15H25N3O6/c1-4-24-15(23)8(2)5-11(13(16)21)17-14(22)12-6-10(20)7-18(12)9(3)19/h8,10-12,20H,4-7H2,1-3H3,(H2,16,21)(H,17,22)/t8-,10-,11-,12+/m1/s1. The Balaban J connectivity index is 2.74. The molecule has 3 amide bonds. The number of nitrogens with one attached hydrogen (secondary N) is 1. The first-order valence-electron chi connectivity index (χ1n) is 7.88. The molecule has 0 aliphatic carbocycles. The van der Waals surface area contributed by atoms with Crippen LogP contribution in [-0.4, -0.2) is 65.0 Å². The molecule has 0 aromatic rings. The Morgan fingerprint density at radius 1 is 1.38 bits per heavy atom. The summed E-state index contributed by atoms with van der Waals surface area (Å²) in [6, 6.07) is -1.93. The maximum absolute atomic E-state index is 12.4. The van der Waals surface area contributed by atoms with E-state index in [9.17, 15) is 24.3 Å². The molecule has 0 aromatic carbocycles. The van der Waals surface area contributed by atoms with Crippen molar-refractivity contribution in [3.05, 3.63) is 0 Å². The van der Waals surface area contributed by atoms with Crippen molar-refractivity contribution in [2.75, 3.05) is 13.2 Å². The number of primary amides is 1. The summed E-state index contributed by atoms with van der Waals surface area (Å²) in [4.78, 5) is 48.4. The van der Waals surface area contributed by atoms with Crippen molar-refractivity contribution < 1.29 is 29.0 Å². The van der Waals surface area contributed by atoms with Crippen LogP contribution in [0, 0.1) is 5.92 Å². The number of β-amino-alcohol motifs (C(OH)–C–C–N with tert-alkyl or cyclic N) is 1. The maximum atomic E-state index is 12.4. The van der Waals surface area contributed by atoms with Gasteiger partial charge in [-0.15, -0.1) is 0 Å². The van der Waals surface area contributed by atoms with Gasteiger partial charge in [-0.05, 0) is 13.3 Å². The zero-order chi connectivity index (χ0) is 18.4. The van der Waals surface area contributed by atoms with E-state index in [1.54, 1.807) is 13.8 Å². The molecule has 0 unspecified atom stereocenters. The number of aliphatic hydroxyl groups is 1. The van der Waals surface area contributed by atoms with Crippen molar-refractivity contribution in [3.63, 3.8) is 0 Å². The summed E-state index contributed by atoms with van der Waals surface area (Å²) in [5.74, 6) is -2.82. The van der Waals surface area contributed by atoms with Crippen LogP contribution < -0.4 is 11.1 Å². The van der Waals surface area contributed by atoms with E-state index in [-0.39, 0.29) is 31.9 Å². The third-order valence-electron chi connectivity index (χ3n) is 3.92. The number of amides is 3. The Kier molecular flexibility index (Phi) is 7.15. The zero-order valence-corrected chi connectivity index (χ0v) is 14.2. The van der Waals surface area contributed by atoms with Crippen molar-refractivity contribution in [1.82, 2.24) is 10.2 Å². The van der Waals surface area contributed by atoms with Crippen LogP contribution in [0.5, 0.6) is 0 Å². The lowest BCUT2D eigenvalue weighted by atomic mass is 10.0. The van der Waals surface area contributed by atoms with Gasteiger partial charge in [0.2, 0.25) is 17.7 Å². The minimum absolute atomic E-state index is 0.00471. The molecule has 4 atom stereocenters. The van der Waals surface area contributed by atoms with Gasteiger partial charge in [-0.2, -0.15) is 0 Å². The minimum atomic E-state index is -1.07. The summed E-state index contributed by atoms with van der Waals surface area (Å²) < 4.78 is 4.86. The highest BCUT2D eigenvalue weighted by molar-refractivity contribution is 5.92. The fourth-order valence-corrected chi connectivity index (χ4v) is 2.66. The van der Waals surface area contributed by atoms with Crippen LogP contribution in [-0.2, 0) is 23.9 Å². The maximum Gasteiger partial charge on any atom is 0.308 e. The fraction of sp³-hybridized carbons (Fsp3) is 0.733. The largest absolute Gasteiger partial charge is 0.466 e. The smallest absolute Gasteiger partial charge is 0.308 e. The number of likely N-dealkylation sites (tertiary alicyclic amines) is 1. The fourth-order valence-electron chi connectivity index (χ4n) is 2.66. The molecular formula is C15H25N3O6. The zero-order valence-electron chi connectivity index (χ0n) is 14.2. The molecule has 0 spiro atoms. The van der Waals surface area contributed by atoms with Gasteiger partial charge in [0.15, 0.2) is 0 Å². The summed E-state index contributed by atoms with van der Waals surface area (Å²) in [6.45, 7) is 4.81. The third-order valence-corrected chi connectivity index (χ3v) is 3.92. The quantitative estimate of drug-likeness (QED) is 0.482. The van der Waals surface area contributed by atoms with Gasteiger partial charge in [0.05, 0.1) is 18.6 Å². The van der Waals surface area contributed by atoms with E-state index in [2.05, 4.69) is 5.32 Å². The first-order valence-corrected chi connectivity index (χ1v) is 7.88. The van der Waals surface area contributed by atoms with Crippen molar-refractivity contribution in [3.8, 4) is 0 Å². The van der Waals surface area contributed by atoms with Crippen LogP contribution >= 0.6 is 0 Å². The van der Waals surface area contributed by atoms with Crippen molar-refractivity contribution in [2.24, 2.45) is 11.7 Å². The van der Waals surface area contributed by atoms with Crippen molar-refractivity contribution in [1.29, 1.82) is 0 Å². The molecule has 4 N–H and O–H groups in total. The molecule has 136 valence electrons. The molecule has 0 saturated carbocycles. The van der Waals surface area contributed by atoms with E-state index in [0.29, 0.717) is 0 Å². The molecule has 1 saturated heterocycles. The van der Waals surface area contributed by atoms with E-state index in [4.69, 9.17) is 10.5 Å². The van der Waals surface area contributed by atoms with Crippen molar-refractivity contribution >= 4 is 23.7 Å². The van der Waals surface area contributed by atoms with Gasteiger partial charge in [0.1, 0.15) is 12.1 Å². The first-order chi connectivity index (χ1) is 11.2. The monoisotopic (exact) mass is 343 g/mol. The summed E-state index contributed by atoms with van der Waals surface area (Å²) in [6.07, 6.45) is -0.713. The average Bonchev–Trinajstić information content (AvgIpc) is 2.88. The second-order valence-corrected chi connectivity index (χ2v) is 5.93. The molecule has 24 heavy (non-hydrogen) atoms. The normalized spacial score (nSPS) is 22.6. The van der Waals surface area contributed by atoms with Gasteiger partial charge >= 0.3 is 5.97 Å². The second-order valence-electron chi connectivity index (χ2n) is 5.93. The van der Waals surface area contributed by atoms with Gasteiger partial charge in [0, 0.05) is 19.9 Å². The Morgan fingerprint density at radius 3 is 2.50 bits per heavy atom. The number of hydrogen-bond acceptors (Lipinski definition) is 6. The third kappa shape index (κ3) is 5.19.